The van der Waals surface area contributed by atoms with Gasteiger partial charge in [-0.2, -0.15) is 9.97 Å². The Bertz CT molecular complexity index is 2780. The molecule has 4 nitrogen and oxygen atoms in total. The molecule has 0 radical (unpaired) electrons. The third-order valence-electron chi connectivity index (χ3n) is 11.0. The Morgan fingerprint density at radius 3 is 1.89 bits per heavy atom. The third-order valence-corrected chi connectivity index (χ3v) is 11.0. The molecule has 0 bridgehead atoms. The normalized spacial score (nSPS) is 13.3. The molecule has 276 valence electrons. The minimum Gasteiger partial charge on any atom is -0.278 e. The van der Waals surface area contributed by atoms with E-state index >= 15 is 0 Å². The van der Waals surface area contributed by atoms with Gasteiger partial charge >= 0.3 is 0 Å². The first-order chi connectivity index (χ1) is 28.2. The average Bonchev–Trinajstić information content (AvgIpc) is 3.63. The van der Waals surface area contributed by atoms with Gasteiger partial charge in [-0.1, -0.05) is 170 Å². The number of para-hydroxylation sites is 1. The molecular formula is C53H44N4. The molecule has 0 amide bonds. The molecule has 0 atom stereocenters. The molecule has 0 aliphatic heterocycles. The third kappa shape index (κ3) is 6.96. The largest absolute Gasteiger partial charge is 0.278 e. The van der Waals surface area contributed by atoms with Crippen molar-refractivity contribution in [2.24, 2.45) is 0 Å². The first kappa shape index (κ1) is 35.8. The fraction of sp³-hybridized carbons (Fsp3) is 0.113. The van der Waals surface area contributed by atoms with E-state index in [1.165, 1.54) is 49.9 Å². The number of allylic oxidation sites excluding steroid dienone is 8. The van der Waals surface area contributed by atoms with Crippen molar-refractivity contribution in [3.8, 4) is 51.0 Å². The topological polar surface area (TPSA) is 43.6 Å². The van der Waals surface area contributed by atoms with Gasteiger partial charge in [-0.25, -0.2) is 4.98 Å². The second-order valence-electron chi connectivity index (χ2n) is 14.4. The van der Waals surface area contributed by atoms with Crippen LogP contribution in [0.25, 0.3) is 78.4 Å². The number of aromatic nitrogens is 4. The highest BCUT2D eigenvalue weighted by atomic mass is 15.2. The molecule has 0 fully saturated rings. The Hall–Kier alpha value is -6.91. The zero-order valence-electron chi connectivity index (χ0n) is 32.4. The van der Waals surface area contributed by atoms with Gasteiger partial charge in [0.25, 0.3) is 0 Å². The summed E-state index contributed by atoms with van der Waals surface area (Å²) >= 11 is 0. The smallest absolute Gasteiger partial charge is 0.238 e. The molecule has 0 N–H and O–H groups in total. The van der Waals surface area contributed by atoms with E-state index < -0.39 is 0 Å². The van der Waals surface area contributed by atoms with E-state index in [0.29, 0.717) is 17.6 Å². The van der Waals surface area contributed by atoms with Crippen molar-refractivity contribution in [1.82, 2.24) is 19.5 Å². The summed E-state index contributed by atoms with van der Waals surface area (Å²) in [5.41, 5.74) is 14.2. The molecule has 2 aromatic heterocycles. The summed E-state index contributed by atoms with van der Waals surface area (Å²) in [5.74, 6) is 1.86. The second kappa shape index (κ2) is 16.1. The van der Waals surface area contributed by atoms with E-state index in [0.717, 1.165) is 53.2 Å². The van der Waals surface area contributed by atoms with Gasteiger partial charge in [0.1, 0.15) is 0 Å². The van der Waals surface area contributed by atoms with Crippen LogP contribution in [-0.4, -0.2) is 19.5 Å². The fourth-order valence-electron chi connectivity index (χ4n) is 8.30. The molecule has 1 aliphatic rings. The van der Waals surface area contributed by atoms with Crippen LogP contribution in [0.3, 0.4) is 0 Å². The quantitative estimate of drug-likeness (QED) is 0.131. The zero-order chi connectivity index (χ0) is 38.6. The summed E-state index contributed by atoms with van der Waals surface area (Å²) in [6, 6.07) is 53.5. The molecule has 1 aliphatic carbocycles. The first-order valence-corrected chi connectivity index (χ1v) is 20.0. The van der Waals surface area contributed by atoms with Crippen molar-refractivity contribution in [3.63, 3.8) is 0 Å². The lowest BCUT2D eigenvalue weighted by atomic mass is 9.85. The molecule has 6 aromatic carbocycles. The molecule has 57 heavy (non-hydrogen) atoms. The maximum absolute atomic E-state index is 5.15. The van der Waals surface area contributed by atoms with Gasteiger partial charge in [-0.15, -0.1) is 0 Å². The van der Waals surface area contributed by atoms with Gasteiger partial charge in [-0.05, 0) is 96.2 Å². The predicted molar refractivity (Wildman–Crippen MR) is 239 cm³/mol. The van der Waals surface area contributed by atoms with E-state index in [1.807, 2.05) is 36.4 Å². The standard InChI is InChI=1S/C53H44N4/c1-3-5-8-20-37(4-2)42-25-13-14-26-43(42)38-33-35-39(36-34-38)44-27-15-16-28-45(44)46-30-19-32-49-50(46)47-29-17-18-31-48(47)57(49)53-55-51(40-21-9-6-10-22-40)54-52(56-53)41-23-11-7-12-24-41/h3-7,9-12,14-19,21-24,26-36H,8,13,20,25H2,1-2H3/b5-3-,37-4-. The number of fused-ring (bicyclic) bond motifs is 3. The van der Waals surface area contributed by atoms with Crippen LogP contribution in [0.4, 0.5) is 0 Å². The van der Waals surface area contributed by atoms with Crippen LogP contribution in [0.5, 0.6) is 0 Å². The lowest BCUT2D eigenvalue weighted by Crippen LogP contribution is -2.06. The highest BCUT2D eigenvalue weighted by Gasteiger charge is 2.21. The van der Waals surface area contributed by atoms with Gasteiger partial charge in [-0.3, -0.25) is 4.57 Å². The fourth-order valence-corrected chi connectivity index (χ4v) is 8.30. The Kier molecular flexibility index (Phi) is 10.1. The highest BCUT2D eigenvalue weighted by molar-refractivity contribution is 6.16. The monoisotopic (exact) mass is 736 g/mol. The Labute approximate surface area is 335 Å². The molecule has 0 saturated carbocycles. The molecule has 0 unspecified atom stereocenters. The predicted octanol–water partition coefficient (Wildman–Crippen LogP) is 14.0. The van der Waals surface area contributed by atoms with E-state index in [4.69, 9.17) is 15.0 Å². The van der Waals surface area contributed by atoms with Crippen LogP contribution in [0.1, 0.15) is 45.1 Å². The summed E-state index contributed by atoms with van der Waals surface area (Å²) < 4.78 is 2.20. The molecule has 0 spiro atoms. The maximum Gasteiger partial charge on any atom is 0.238 e. The molecular weight excluding hydrogens is 693 g/mol. The van der Waals surface area contributed by atoms with Gasteiger partial charge in [0.15, 0.2) is 11.6 Å². The number of hydrogen-bond acceptors (Lipinski definition) is 3. The highest BCUT2D eigenvalue weighted by Crippen LogP contribution is 2.42. The van der Waals surface area contributed by atoms with Crippen LogP contribution in [0.15, 0.2) is 193 Å². The summed E-state index contributed by atoms with van der Waals surface area (Å²) in [6.07, 6.45) is 15.7. The lowest BCUT2D eigenvalue weighted by molar-refractivity contribution is 0.907. The van der Waals surface area contributed by atoms with Crippen molar-refractivity contribution in [1.29, 1.82) is 0 Å². The van der Waals surface area contributed by atoms with Gasteiger partial charge in [0.2, 0.25) is 5.95 Å². The van der Waals surface area contributed by atoms with Crippen molar-refractivity contribution in [2.75, 3.05) is 0 Å². The first-order valence-electron chi connectivity index (χ1n) is 20.0. The number of benzene rings is 6. The molecule has 0 saturated heterocycles. The van der Waals surface area contributed by atoms with Crippen molar-refractivity contribution in [2.45, 2.75) is 39.5 Å². The van der Waals surface area contributed by atoms with Crippen LogP contribution in [-0.2, 0) is 0 Å². The van der Waals surface area contributed by atoms with E-state index in [1.54, 1.807) is 0 Å². The zero-order valence-corrected chi connectivity index (χ0v) is 32.4. The van der Waals surface area contributed by atoms with Crippen LogP contribution >= 0.6 is 0 Å². The van der Waals surface area contributed by atoms with Gasteiger partial charge < -0.3 is 0 Å². The van der Waals surface area contributed by atoms with E-state index in [9.17, 15) is 0 Å². The van der Waals surface area contributed by atoms with Crippen molar-refractivity contribution >= 4 is 27.4 Å². The van der Waals surface area contributed by atoms with Gasteiger partial charge in [0.05, 0.1) is 11.0 Å². The lowest BCUT2D eigenvalue weighted by Gasteiger charge is -2.20. The summed E-state index contributed by atoms with van der Waals surface area (Å²) in [4.78, 5) is 15.3. The minimum atomic E-state index is 0.586. The van der Waals surface area contributed by atoms with Crippen LogP contribution in [0, 0.1) is 0 Å². The maximum atomic E-state index is 5.15. The Morgan fingerprint density at radius 1 is 0.579 bits per heavy atom. The number of nitrogens with zero attached hydrogens (tertiary/aromatic N) is 4. The minimum absolute atomic E-state index is 0.586. The molecule has 9 rings (SSSR count). The summed E-state index contributed by atoms with van der Waals surface area (Å²) in [6.45, 7) is 4.28. The summed E-state index contributed by atoms with van der Waals surface area (Å²) in [7, 11) is 0. The molecule has 2 heterocycles. The SMILES string of the molecule is C/C=C\CC/C(=C/C)C1=C(c2ccc(-c3ccccc3-c3cccc4c3c3ccccc3n4-c3nc(-c4ccccc4)nc(-c4ccccc4)n3)cc2)C=CCC1. The van der Waals surface area contributed by atoms with Crippen molar-refractivity contribution < 1.29 is 0 Å². The van der Waals surface area contributed by atoms with E-state index in [2.05, 4.69) is 164 Å². The summed E-state index contributed by atoms with van der Waals surface area (Å²) in [5, 5.41) is 2.31. The van der Waals surface area contributed by atoms with Crippen molar-refractivity contribution in [3.05, 3.63) is 199 Å². The van der Waals surface area contributed by atoms with Crippen LogP contribution in [0.2, 0.25) is 0 Å². The molecule has 4 heteroatoms. The Balaban J connectivity index is 1.18. The molecule has 8 aromatic rings. The van der Waals surface area contributed by atoms with Gasteiger partial charge in [0, 0.05) is 21.9 Å². The van der Waals surface area contributed by atoms with Crippen LogP contribution < -0.4 is 0 Å². The van der Waals surface area contributed by atoms with E-state index in [-0.39, 0.29) is 0 Å². The average molecular weight is 737 g/mol. The Morgan fingerprint density at radius 2 is 1.19 bits per heavy atom. The number of hydrogen-bond donors (Lipinski definition) is 0. The second-order valence-corrected chi connectivity index (χ2v) is 14.4. The number of rotatable bonds is 10.